The summed E-state index contributed by atoms with van der Waals surface area (Å²) in [5.41, 5.74) is 6.85. The average Bonchev–Trinajstić information content (AvgIpc) is 2.96. The van der Waals surface area contributed by atoms with Crippen LogP contribution in [0.5, 0.6) is 0 Å². The molecule has 0 unspecified atom stereocenters. The molecule has 1 heterocycles. The molecule has 6 nitrogen and oxygen atoms in total. The van der Waals surface area contributed by atoms with Crippen molar-refractivity contribution in [2.24, 2.45) is 7.05 Å². The number of carbonyl (C=O) groups is 2. The highest BCUT2D eigenvalue weighted by Crippen LogP contribution is 2.19. The summed E-state index contributed by atoms with van der Waals surface area (Å²) in [7, 11) is 1.85. The minimum Gasteiger partial charge on any atom is -0.350 e. The van der Waals surface area contributed by atoms with Gasteiger partial charge in [0.15, 0.2) is 0 Å². The molecule has 3 rings (SSSR count). The molecule has 0 atom stereocenters. The third-order valence-corrected chi connectivity index (χ3v) is 3.69. The first-order valence-electron chi connectivity index (χ1n) is 7.25. The van der Waals surface area contributed by atoms with Crippen molar-refractivity contribution >= 4 is 22.7 Å². The lowest BCUT2D eigenvalue weighted by atomic mass is 10.1. The molecule has 2 aromatic carbocycles. The molecular formula is C18H14N4O2. The van der Waals surface area contributed by atoms with E-state index in [0.29, 0.717) is 16.7 Å². The van der Waals surface area contributed by atoms with Crippen LogP contribution in [0.1, 0.15) is 26.3 Å². The molecular weight excluding hydrogens is 304 g/mol. The summed E-state index contributed by atoms with van der Waals surface area (Å²) in [6.45, 7) is 0. The SMILES string of the molecule is Cn1cc(C(=O)NNC(=O)c2cccc(C#N)c2)c2ccccc21. The lowest BCUT2D eigenvalue weighted by Crippen LogP contribution is -2.41. The van der Waals surface area contributed by atoms with E-state index in [4.69, 9.17) is 5.26 Å². The Morgan fingerprint density at radius 2 is 1.79 bits per heavy atom. The molecule has 0 aliphatic rings. The monoisotopic (exact) mass is 318 g/mol. The van der Waals surface area contributed by atoms with Crippen molar-refractivity contribution in [2.45, 2.75) is 0 Å². The first-order valence-corrected chi connectivity index (χ1v) is 7.25. The number of benzene rings is 2. The lowest BCUT2D eigenvalue weighted by Gasteiger charge is -2.07. The van der Waals surface area contributed by atoms with Gasteiger partial charge in [-0.1, -0.05) is 24.3 Å². The molecule has 6 heteroatoms. The highest BCUT2D eigenvalue weighted by Gasteiger charge is 2.14. The van der Waals surface area contributed by atoms with Crippen LogP contribution in [0.25, 0.3) is 10.9 Å². The molecule has 24 heavy (non-hydrogen) atoms. The lowest BCUT2D eigenvalue weighted by molar-refractivity contribution is 0.0847. The van der Waals surface area contributed by atoms with Crippen LogP contribution in [-0.2, 0) is 7.05 Å². The van der Waals surface area contributed by atoms with Gasteiger partial charge < -0.3 is 4.57 Å². The van der Waals surface area contributed by atoms with E-state index < -0.39 is 11.8 Å². The summed E-state index contributed by atoms with van der Waals surface area (Å²) in [6, 6.07) is 15.7. The van der Waals surface area contributed by atoms with E-state index in [-0.39, 0.29) is 0 Å². The van der Waals surface area contributed by atoms with Gasteiger partial charge in [-0.15, -0.1) is 0 Å². The number of hydrogen-bond acceptors (Lipinski definition) is 3. The molecule has 2 N–H and O–H groups in total. The number of rotatable bonds is 2. The third-order valence-electron chi connectivity index (χ3n) is 3.69. The van der Waals surface area contributed by atoms with Crippen molar-refractivity contribution in [1.29, 1.82) is 5.26 Å². The van der Waals surface area contributed by atoms with E-state index in [0.717, 1.165) is 10.9 Å². The molecule has 0 saturated carbocycles. The molecule has 0 radical (unpaired) electrons. The standard InChI is InChI=1S/C18H14N4O2/c1-22-11-15(14-7-2-3-8-16(14)22)18(24)21-20-17(23)13-6-4-5-12(9-13)10-19/h2-9,11H,1H3,(H,20,23)(H,21,24). The third kappa shape index (κ3) is 2.83. The number of hydrogen-bond donors (Lipinski definition) is 2. The Bertz CT molecular complexity index is 982. The molecule has 1 aromatic heterocycles. The molecule has 0 aliphatic carbocycles. The number of hydrazine groups is 1. The van der Waals surface area contributed by atoms with Crippen LogP contribution in [0, 0.1) is 11.3 Å². The Kier molecular flexibility index (Phi) is 4.00. The van der Waals surface area contributed by atoms with Crippen molar-refractivity contribution in [1.82, 2.24) is 15.4 Å². The first kappa shape index (κ1) is 15.3. The van der Waals surface area contributed by atoms with E-state index in [1.165, 1.54) is 6.07 Å². The van der Waals surface area contributed by atoms with Gasteiger partial charge in [-0.05, 0) is 24.3 Å². The summed E-state index contributed by atoms with van der Waals surface area (Å²) in [5, 5.41) is 9.66. The highest BCUT2D eigenvalue weighted by molar-refractivity contribution is 6.08. The Morgan fingerprint density at radius 1 is 1.04 bits per heavy atom. The number of aryl methyl sites for hydroxylation is 1. The molecule has 118 valence electrons. The molecule has 0 saturated heterocycles. The van der Waals surface area contributed by atoms with Gasteiger partial charge in [0.2, 0.25) is 0 Å². The predicted molar refractivity (Wildman–Crippen MR) is 89.0 cm³/mol. The summed E-state index contributed by atoms with van der Waals surface area (Å²) in [6.07, 6.45) is 1.71. The number of para-hydroxylation sites is 1. The molecule has 0 spiro atoms. The van der Waals surface area contributed by atoms with Gasteiger partial charge in [0.1, 0.15) is 0 Å². The zero-order valence-electron chi connectivity index (χ0n) is 12.9. The fraction of sp³-hybridized carbons (Fsp3) is 0.0556. The summed E-state index contributed by atoms with van der Waals surface area (Å²) in [5.74, 6) is -0.891. The van der Waals surface area contributed by atoms with Crippen molar-refractivity contribution < 1.29 is 9.59 Å². The van der Waals surface area contributed by atoms with E-state index >= 15 is 0 Å². The van der Waals surface area contributed by atoms with Gasteiger partial charge in [0.25, 0.3) is 11.8 Å². The maximum atomic E-state index is 12.3. The van der Waals surface area contributed by atoms with Crippen LogP contribution in [-0.4, -0.2) is 16.4 Å². The van der Waals surface area contributed by atoms with E-state index in [9.17, 15) is 9.59 Å². The Labute approximate surface area is 138 Å². The van der Waals surface area contributed by atoms with Crippen LogP contribution in [0.15, 0.2) is 54.7 Å². The summed E-state index contributed by atoms with van der Waals surface area (Å²) in [4.78, 5) is 24.4. The Balaban J connectivity index is 1.75. The Morgan fingerprint density at radius 3 is 2.58 bits per heavy atom. The fourth-order valence-corrected chi connectivity index (χ4v) is 2.51. The van der Waals surface area contributed by atoms with Crippen molar-refractivity contribution in [3.63, 3.8) is 0 Å². The number of amides is 2. The Hall–Kier alpha value is -3.59. The average molecular weight is 318 g/mol. The van der Waals surface area contributed by atoms with E-state index in [1.54, 1.807) is 24.4 Å². The van der Waals surface area contributed by atoms with E-state index in [2.05, 4.69) is 10.9 Å². The van der Waals surface area contributed by atoms with Gasteiger partial charge in [-0.25, -0.2) is 0 Å². The maximum Gasteiger partial charge on any atom is 0.271 e. The quantitative estimate of drug-likeness (QED) is 0.710. The summed E-state index contributed by atoms with van der Waals surface area (Å²) < 4.78 is 1.85. The van der Waals surface area contributed by atoms with Crippen molar-refractivity contribution in [3.05, 3.63) is 71.4 Å². The fourth-order valence-electron chi connectivity index (χ4n) is 2.51. The maximum absolute atomic E-state index is 12.3. The van der Waals surface area contributed by atoms with Gasteiger partial charge in [-0.3, -0.25) is 20.4 Å². The second-order valence-electron chi connectivity index (χ2n) is 5.27. The van der Waals surface area contributed by atoms with Gasteiger partial charge in [0, 0.05) is 29.7 Å². The number of nitrogens with zero attached hydrogens (tertiary/aromatic N) is 2. The summed E-state index contributed by atoms with van der Waals surface area (Å²) >= 11 is 0. The molecule has 2 amide bonds. The normalized spacial score (nSPS) is 10.2. The van der Waals surface area contributed by atoms with Crippen LogP contribution in [0.2, 0.25) is 0 Å². The zero-order valence-corrected chi connectivity index (χ0v) is 12.9. The molecule has 0 bridgehead atoms. The van der Waals surface area contributed by atoms with Crippen LogP contribution in [0.4, 0.5) is 0 Å². The zero-order chi connectivity index (χ0) is 17.1. The number of carbonyl (C=O) groups excluding carboxylic acids is 2. The largest absolute Gasteiger partial charge is 0.350 e. The smallest absolute Gasteiger partial charge is 0.271 e. The first-order chi connectivity index (χ1) is 11.6. The molecule has 0 fully saturated rings. The number of nitrogens with one attached hydrogen (secondary N) is 2. The van der Waals surface area contributed by atoms with Crippen molar-refractivity contribution in [3.8, 4) is 6.07 Å². The molecule has 3 aromatic rings. The second kappa shape index (κ2) is 6.26. The number of aromatic nitrogens is 1. The number of nitriles is 1. The number of fused-ring (bicyclic) bond motifs is 1. The van der Waals surface area contributed by atoms with Gasteiger partial charge >= 0.3 is 0 Å². The minimum atomic E-state index is -0.485. The van der Waals surface area contributed by atoms with Gasteiger partial charge in [-0.2, -0.15) is 5.26 Å². The minimum absolute atomic E-state index is 0.298. The van der Waals surface area contributed by atoms with Crippen molar-refractivity contribution in [2.75, 3.05) is 0 Å². The predicted octanol–water partition coefficient (Wildman–Crippen LogP) is 2.12. The van der Waals surface area contributed by atoms with Crippen LogP contribution in [0.3, 0.4) is 0 Å². The molecule has 0 aliphatic heterocycles. The second-order valence-corrected chi connectivity index (χ2v) is 5.27. The highest BCUT2D eigenvalue weighted by atomic mass is 16.2. The van der Waals surface area contributed by atoms with Crippen LogP contribution >= 0.6 is 0 Å². The van der Waals surface area contributed by atoms with E-state index in [1.807, 2.05) is 41.9 Å². The van der Waals surface area contributed by atoms with Crippen LogP contribution < -0.4 is 10.9 Å². The topological polar surface area (TPSA) is 86.9 Å². The van der Waals surface area contributed by atoms with Gasteiger partial charge in [0.05, 0.1) is 17.2 Å².